The molecule has 0 amide bonds. The van der Waals surface area contributed by atoms with E-state index in [9.17, 15) is 19.1 Å². The summed E-state index contributed by atoms with van der Waals surface area (Å²) in [5, 5.41) is 0. The molecule has 3 heterocycles. The van der Waals surface area contributed by atoms with Crippen LogP contribution in [0.15, 0.2) is 4.79 Å². The number of aromatic nitrogens is 4. The van der Waals surface area contributed by atoms with Crippen molar-refractivity contribution in [3.63, 3.8) is 0 Å². The van der Waals surface area contributed by atoms with Crippen molar-refractivity contribution in [2.75, 3.05) is 12.3 Å². The number of fused-ring (bicyclic) bond motifs is 1. The lowest BCUT2D eigenvalue weighted by molar-refractivity contribution is -0.0605. The van der Waals surface area contributed by atoms with Crippen molar-refractivity contribution in [3.05, 3.63) is 16.2 Å². The zero-order valence-electron chi connectivity index (χ0n) is 11.5. The number of ether oxygens (including phenoxy) is 2. The number of hydrogen-bond acceptors (Lipinski definition) is 7. The van der Waals surface area contributed by atoms with E-state index in [0.29, 0.717) is 10.8 Å². The number of rotatable bonds is 3. The van der Waals surface area contributed by atoms with Gasteiger partial charge in [-0.05, 0) is 6.42 Å². The van der Waals surface area contributed by atoms with Crippen molar-refractivity contribution >= 4 is 24.9 Å². The summed E-state index contributed by atoms with van der Waals surface area (Å²) in [6.45, 7) is 1.90. The minimum absolute atomic E-state index is 0.0647. The molecule has 1 fully saturated rings. The second-order valence-corrected chi connectivity index (χ2v) is 6.14. The third-order valence-corrected chi connectivity index (χ3v) is 4.09. The predicted octanol–water partition coefficient (Wildman–Crippen LogP) is -0.533. The quantitative estimate of drug-likeness (QED) is 0.540. The molecule has 0 aliphatic carbocycles. The van der Waals surface area contributed by atoms with Gasteiger partial charge in [-0.2, -0.15) is 4.98 Å². The Kier molecular flexibility index (Phi) is 3.54. The van der Waals surface area contributed by atoms with Crippen molar-refractivity contribution in [2.45, 2.75) is 25.7 Å². The number of imidazole rings is 1. The number of hydrogen-bond donors (Lipinski definition) is 4. The molecular weight excluding hydrogens is 317 g/mol. The number of nitrogens with one attached hydrogen (secondary N) is 1. The molecule has 1 saturated heterocycles. The fourth-order valence-electron chi connectivity index (χ4n) is 2.26. The molecule has 0 spiro atoms. The Balaban J connectivity index is 2.24. The monoisotopic (exact) mass is 331 g/mol. The van der Waals surface area contributed by atoms with Crippen molar-refractivity contribution in [2.24, 2.45) is 0 Å². The Morgan fingerprint density at radius 2 is 2.23 bits per heavy atom. The highest BCUT2D eigenvalue weighted by Gasteiger charge is 2.36. The maximum Gasteiger partial charge on any atom is 0.436 e. The van der Waals surface area contributed by atoms with Crippen LogP contribution in [0, 0.1) is 0 Å². The Labute approximate surface area is 123 Å². The Morgan fingerprint density at radius 1 is 1.50 bits per heavy atom. The van der Waals surface area contributed by atoms with Gasteiger partial charge in [-0.15, -0.1) is 0 Å². The van der Waals surface area contributed by atoms with Gasteiger partial charge in [0.1, 0.15) is 6.10 Å². The minimum Gasteiger partial charge on any atom is -0.369 e. The van der Waals surface area contributed by atoms with Gasteiger partial charge in [0.15, 0.2) is 23.3 Å². The maximum absolute atomic E-state index is 11.9. The van der Waals surface area contributed by atoms with Gasteiger partial charge < -0.3 is 25.0 Å². The summed E-state index contributed by atoms with van der Waals surface area (Å²) >= 11 is 0. The predicted molar refractivity (Wildman–Crippen MR) is 73.9 cm³/mol. The zero-order chi connectivity index (χ0) is 16.1. The van der Waals surface area contributed by atoms with Crippen LogP contribution in [0.2, 0.25) is 0 Å². The lowest BCUT2D eigenvalue weighted by Gasteiger charge is -2.13. The summed E-state index contributed by atoms with van der Waals surface area (Å²) < 4.78 is 23.2. The van der Waals surface area contributed by atoms with E-state index >= 15 is 0 Å². The van der Waals surface area contributed by atoms with Gasteiger partial charge in [0, 0.05) is 0 Å². The van der Waals surface area contributed by atoms with E-state index in [2.05, 4.69) is 15.0 Å². The lowest BCUT2D eigenvalue weighted by atomic mass is 10.4. The second kappa shape index (κ2) is 5.14. The molecule has 2 unspecified atom stereocenters. The molecule has 0 radical (unpaired) electrons. The van der Waals surface area contributed by atoms with Crippen LogP contribution in [0.1, 0.15) is 25.3 Å². The average Bonchev–Trinajstić information content (AvgIpc) is 3.00. The van der Waals surface area contributed by atoms with Crippen LogP contribution in [-0.4, -0.2) is 42.0 Å². The second-order valence-electron chi connectivity index (χ2n) is 4.71. The highest BCUT2D eigenvalue weighted by atomic mass is 31.2. The molecule has 5 N–H and O–H groups in total. The molecule has 0 bridgehead atoms. The molecule has 11 nitrogen and oxygen atoms in total. The van der Waals surface area contributed by atoms with E-state index in [0.717, 1.165) is 0 Å². The summed E-state index contributed by atoms with van der Waals surface area (Å²) in [5.74, 6) is -0.392. The van der Waals surface area contributed by atoms with Crippen LogP contribution < -0.4 is 11.3 Å². The highest BCUT2D eigenvalue weighted by Crippen LogP contribution is 2.43. The normalized spacial score (nSPS) is 22.5. The number of nitrogen functional groups attached to an aromatic ring is 1. The van der Waals surface area contributed by atoms with Gasteiger partial charge >= 0.3 is 7.75 Å². The third-order valence-electron chi connectivity index (χ3n) is 3.17. The first-order valence-electron chi connectivity index (χ1n) is 6.43. The average molecular weight is 331 g/mol. The summed E-state index contributed by atoms with van der Waals surface area (Å²) in [6, 6.07) is 0. The molecule has 3 rings (SSSR count). The number of aromatic amines is 1. The molecule has 2 aromatic heterocycles. The van der Waals surface area contributed by atoms with E-state index < -0.39 is 25.7 Å². The van der Waals surface area contributed by atoms with Gasteiger partial charge in [0.2, 0.25) is 5.95 Å². The SMILES string of the molecule is CCC1OCC(c2nc3c(=O)[nH]c(N)nc3n2P(=O)(O)O)O1. The lowest BCUT2D eigenvalue weighted by Crippen LogP contribution is -2.12. The third kappa shape index (κ3) is 2.42. The first kappa shape index (κ1) is 15.1. The molecule has 1 aliphatic rings. The summed E-state index contributed by atoms with van der Waals surface area (Å²) in [4.78, 5) is 41.0. The smallest absolute Gasteiger partial charge is 0.369 e. The van der Waals surface area contributed by atoms with Crippen LogP contribution in [0.25, 0.3) is 11.2 Å². The molecule has 120 valence electrons. The summed E-state index contributed by atoms with van der Waals surface area (Å²) in [6.07, 6.45) is -0.739. The fraction of sp³-hybridized carbons (Fsp3) is 0.500. The standard InChI is InChI=1S/C10H14N5O6P/c1-2-5-20-3-4(21-5)7-12-6-8(15(7)22(17,18)19)13-10(11)14-9(6)16/h4-5H,2-3H2,1H3,(H2,17,18,19)(H3,11,13,14,16). The largest absolute Gasteiger partial charge is 0.436 e. The minimum atomic E-state index is -4.83. The van der Waals surface area contributed by atoms with E-state index in [1.165, 1.54) is 0 Å². The van der Waals surface area contributed by atoms with Gasteiger partial charge in [-0.1, -0.05) is 6.92 Å². The molecule has 1 aliphatic heterocycles. The van der Waals surface area contributed by atoms with E-state index in [-0.39, 0.29) is 29.5 Å². The van der Waals surface area contributed by atoms with Gasteiger partial charge in [-0.25, -0.2) is 13.9 Å². The van der Waals surface area contributed by atoms with Crippen LogP contribution in [0.4, 0.5) is 5.95 Å². The molecular formula is C10H14N5O6P. The van der Waals surface area contributed by atoms with Crippen LogP contribution >= 0.6 is 7.75 Å². The first-order chi connectivity index (χ1) is 10.3. The van der Waals surface area contributed by atoms with Crippen LogP contribution in [0.5, 0.6) is 0 Å². The van der Waals surface area contributed by atoms with Crippen molar-refractivity contribution in [1.82, 2.24) is 19.3 Å². The fourth-order valence-corrected chi connectivity index (χ4v) is 3.09. The number of H-pyrrole nitrogens is 1. The zero-order valence-corrected chi connectivity index (χ0v) is 12.4. The van der Waals surface area contributed by atoms with E-state index in [1.54, 1.807) is 0 Å². The van der Waals surface area contributed by atoms with Crippen molar-refractivity contribution < 1.29 is 23.8 Å². The number of nitrogens with zero attached hydrogens (tertiary/aromatic N) is 3. The Bertz CT molecular complexity index is 825. The van der Waals surface area contributed by atoms with Crippen LogP contribution in [0.3, 0.4) is 0 Å². The van der Waals surface area contributed by atoms with E-state index in [1.807, 2.05) is 6.92 Å². The first-order valence-corrected chi connectivity index (χ1v) is 7.99. The molecule has 2 atom stereocenters. The summed E-state index contributed by atoms with van der Waals surface area (Å²) in [7, 11) is -4.83. The molecule has 12 heteroatoms. The molecule has 0 aromatic carbocycles. The van der Waals surface area contributed by atoms with Crippen molar-refractivity contribution in [1.29, 1.82) is 0 Å². The van der Waals surface area contributed by atoms with Gasteiger partial charge in [-0.3, -0.25) is 9.78 Å². The van der Waals surface area contributed by atoms with Gasteiger partial charge in [0.25, 0.3) is 5.56 Å². The number of nitrogens with two attached hydrogens (primary N) is 1. The van der Waals surface area contributed by atoms with Crippen molar-refractivity contribution in [3.8, 4) is 0 Å². The highest BCUT2D eigenvalue weighted by molar-refractivity contribution is 7.50. The number of anilines is 1. The van der Waals surface area contributed by atoms with Gasteiger partial charge in [0.05, 0.1) is 6.61 Å². The molecule has 22 heavy (non-hydrogen) atoms. The maximum atomic E-state index is 11.9. The summed E-state index contributed by atoms with van der Waals surface area (Å²) in [5.41, 5.74) is 4.21. The van der Waals surface area contributed by atoms with Crippen LogP contribution in [-0.2, 0) is 14.0 Å². The topological polar surface area (TPSA) is 166 Å². The Morgan fingerprint density at radius 3 is 2.82 bits per heavy atom. The Hall–Kier alpha value is -1.78. The molecule has 2 aromatic rings. The molecule has 0 saturated carbocycles. The van der Waals surface area contributed by atoms with E-state index in [4.69, 9.17) is 15.2 Å².